The average molecular weight is 704 g/mol. The zero-order valence-electron chi connectivity index (χ0n) is 30.7. The Morgan fingerprint density at radius 3 is 1.71 bits per heavy atom. The van der Waals surface area contributed by atoms with Crippen molar-refractivity contribution < 1.29 is 0 Å². The third-order valence-electron chi connectivity index (χ3n) is 11.2. The molecule has 1 aliphatic rings. The lowest BCUT2D eigenvalue weighted by atomic mass is 9.82. The molecule has 0 unspecified atom stereocenters. The highest BCUT2D eigenvalue weighted by molar-refractivity contribution is 6.05. The minimum absolute atomic E-state index is 0.00420. The van der Waals surface area contributed by atoms with Crippen molar-refractivity contribution in [2.24, 2.45) is 0 Å². The number of benzene rings is 7. The molecule has 3 nitrogen and oxygen atoms in total. The molecule has 0 radical (unpaired) electrons. The van der Waals surface area contributed by atoms with Crippen molar-refractivity contribution in [2.75, 3.05) is 0 Å². The first-order valence-electron chi connectivity index (χ1n) is 18.8. The van der Waals surface area contributed by atoms with E-state index in [4.69, 9.17) is 9.97 Å². The van der Waals surface area contributed by atoms with Gasteiger partial charge in [0.1, 0.15) is 0 Å². The lowest BCUT2D eigenvalue weighted by Crippen LogP contribution is -2.14. The number of hydrogen-bond acceptors (Lipinski definition) is 3. The molecule has 55 heavy (non-hydrogen) atoms. The molecular weight excluding hydrogens is 667 g/mol. The highest BCUT2D eigenvalue weighted by Gasteiger charge is 2.35. The fourth-order valence-corrected chi connectivity index (χ4v) is 8.33. The Hall–Kier alpha value is -6.97. The molecule has 0 N–H and O–H groups in total. The molecule has 0 atom stereocenters. The van der Waals surface area contributed by atoms with E-state index in [0.717, 1.165) is 44.6 Å². The number of rotatable bonds is 6. The van der Waals surface area contributed by atoms with E-state index in [2.05, 4.69) is 170 Å². The van der Waals surface area contributed by atoms with Crippen LogP contribution < -0.4 is 0 Å². The first-order chi connectivity index (χ1) is 27.0. The van der Waals surface area contributed by atoms with Crippen molar-refractivity contribution in [1.29, 1.82) is 0 Å². The largest absolute Gasteiger partial charge is 0.264 e. The maximum absolute atomic E-state index is 5.19. The summed E-state index contributed by atoms with van der Waals surface area (Å²) in [5, 5.41) is 2.34. The summed E-state index contributed by atoms with van der Waals surface area (Å²) in [6.07, 6.45) is 3.69. The Kier molecular flexibility index (Phi) is 7.81. The van der Waals surface area contributed by atoms with E-state index in [0.29, 0.717) is 5.82 Å². The number of aromatic nitrogens is 3. The molecular formula is C52H37N3. The van der Waals surface area contributed by atoms with Crippen LogP contribution in [0.3, 0.4) is 0 Å². The lowest BCUT2D eigenvalue weighted by Gasteiger charge is -2.21. The third kappa shape index (κ3) is 5.73. The van der Waals surface area contributed by atoms with Gasteiger partial charge in [0, 0.05) is 34.5 Å². The quantitative estimate of drug-likeness (QED) is 0.173. The van der Waals surface area contributed by atoms with Gasteiger partial charge in [0.05, 0.1) is 11.4 Å². The number of pyridine rings is 1. The summed E-state index contributed by atoms with van der Waals surface area (Å²) in [6.45, 7) is 4.66. The summed E-state index contributed by atoms with van der Waals surface area (Å²) >= 11 is 0. The normalized spacial score (nSPS) is 12.7. The third-order valence-corrected chi connectivity index (χ3v) is 11.2. The van der Waals surface area contributed by atoms with Crippen molar-refractivity contribution >= 4 is 10.8 Å². The van der Waals surface area contributed by atoms with Gasteiger partial charge < -0.3 is 0 Å². The van der Waals surface area contributed by atoms with Crippen LogP contribution in [0, 0.1) is 0 Å². The van der Waals surface area contributed by atoms with Crippen LogP contribution in [-0.4, -0.2) is 15.0 Å². The topological polar surface area (TPSA) is 38.7 Å². The minimum atomic E-state index is 0.00420. The molecule has 0 fully saturated rings. The fourth-order valence-electron chi connectivity index (χ4n) is 8.33. The van der Waals surface area contributed by atoms with Crippen molar-refractivity contribution in [3.63, 3.8) is 0 Å². The van der Waals surface area contributed by atoms with Crippen molar-refractivity contribution in [2.45, 2.75) is 19.3 Å². The van der Waals surface area contributed by atoms with E-state index in [9.17, 15) is 0 Å². The molecule has 0 amide bonds. The van der Waals surface area contributed by atoms with Crippen LogP contribution in [0.4, 0.5) is 0 Å². The summed E-state index contributed by atoms with van der Waals surface area (Å²) in [7, 11) is 0. The maximum atomic E-state index is 5.19. The van der Waals surface area contributed by atoms with Crippen LogP contribution in [0.25, 0.3) is 89.2 Å². The summed E-state index contributed by atoms with van der Waals surface area (Å²) in [6, 6.07) is 62.9. The SMILES string of the molecule is CC1(C)c2ccccc2-c2cc(-c3ccc(-c4ccc(-c5cc(-c6ccc(-c7cccnc7)cc6)nc(-c6ccccc6)n5)c5ccccc45)cc3)ccc21. The Balaban J connectivity index is 1.03. The fraction of sp³-hybridized carbons (Fsp3) is 0.0577. The number of nitrogens with zero attached hydrogens (tertiary/aromatic N) is 3. The monoisotopic (exact) mass is 703 g/mol. The summed E-state index contributed by atoms with van der Waals surface area (Å²) in [5.41, 5.74) is 17.4. The molecule has 1 aliphatic carbocycles. The highest BCUT2D eigenvalue weighted by atomic mass is 14.9. The zero-order valence-corrected chi connectivity index (χ0v) is 30.7. The number of hydrogen-bond donors (Lipinski definition) is 0. The van der Waals surface area contributed by atoms with Crippen molar-refractivity contribution in [3.8, 4) is 78.4 Å². The lowest BCUT2D eigenvalue weighted by molar-refractivity contribution is 0.660. The van der Waals surface area contributed by atoms with Gasteiger partial charge in [-0.2, -0.15) is 0 Å². The minimum Gasteiger partial charge on any atom is -0.264 e. The molecule has 0 saturated carbocycles. The molecule has 7 aromatic carbocycles. The average Bonchev–Trinajstić information content (AvgIpc) is 3.49. The highest BCUT2D eigenvalue weighted by Crippen LogP contribution is 2.49. The van der Waals surface area contributed by atoms with E-state index < -0.39 is 0 Å². The van der Waals surface area contributed by atoms with Crippen LogP contribution >= 0.6 is 0 Å². The summed E-state index contributed by atoms with van der Waals surface area (Å²) in [5.74, 6) is 0.701. The predicted molar refractivity (Wildman–Crippen MR) is 228 cm³/mol. The molecule has 3 heteroatoms. The van der Waals surface area contributed by atoms with E-state index in [-0.39, 0.29) is 5.41 Å². The van der Waals surface area contributed by atoms with Gasteiger partial charge >= 0.3 is 0 Å². The van der Waals surface area contributed by atoms with Gasteiger partial charge in [-0.25, -0.2) is 9.97 Å². The second kappa shape index (κ2) is 13.2. The van der Waals surface area contributed by atoms with Gasteiger partial charge in [-0.1, -0.05) is 172 Å². The van der Waals surface area contributed by atoms with Crippen LogP contribution in [0.5, 0.6) is 0 Å². The van der Waals surface area contributed by atoms with Gasteiger partial charge in [0.15, 0.2) is 5.82 Å². The van der Waals surface area contributed by atoms with Gasteiger partial charge in [0.25, 0.3) is 0 Å². The van der Waals surface area contributed by atoms with Crippen LogP contribution in [0.1, 0.15) is 25.0 Å². The molecule has 9 aromatic rings. The van der Waals surface area contributed by atoms with Gasteiger partial charge in [-0.05, 0) is 84.6 Å². The molecule has 10 rings (SSSR count). The van der Waals surface area contributed by atoms with Crippen LogP contribution in [-0.2, 0) is 5.41 Å². The van der Waals surface area contributed by atoms with Gasteiger partial charge in [-0.15, -0.1) is 0 Å². The molecule has 260 valence electrons. The molecule has 2 aromatic heterocycles. The Labute approximate surface area is 321 Å². The van der Waals surface area contributed by atoms with Crippen LogP contribution in [0.15, 0.2) is 188 Å². The zero-order chi connectivity index (χ0) is 36.9. The maximum Gasteiger partial charge on any atom is 0.160 e. The van der Waals surface area contributed by atoms with E-state index in [1.165, 1.54) is 49.9 Å². The standard InChI is InChI=1S/C52H37N3/c1-52(2)47-17-9-8-16-44(47)46-31-39(26-29-48(46)52)34-18-22-36(23-19-34)41-27-28-45(43-15-7-6-14-42(41)43)50-32-49(54-51(55-50)38-11-4-3-5-12-38)37-24-20-35(21-25-37)40-13-10-30-53-33-40/h3-33H,1-2H3. The summed E-state index contributed by atoms with van der Waals surface area (Å²) < 4.78 is 0. The van der Waals surface area contributed by atoms with Gasteiger partial charge in [0.2, 0.25) is 0 Å². The Morgan fingerprint density at radius 1 is 0.364 bits per heavy atom. The molecule has 0 saturated heterocycles. The van der Waals surface area contributed by atoms with Gasteiger partial charge in [-0.3, -0.25) is 4.98 Å². The second-order valence-electron chi connectivity index (χ2n) is 14.9. The van der Waals surface area contributed by atoms with Crippen LogP contribution in [0.2, 0.25) is 0 Å². The van der Waals surface area contributed by atoms with Crippen molar-refractivity contribution in [1.82, 2.24) is 15.0 Å². The molecule has 0 bridgehead atoms. The second-order valence-corrected chi connectivity index (χ2v) is 14.9. The first-order valence-corrected chi connectivity index (χ1v) is 18.8. The molecule has 0 spiro atoms. The van der Waals surface area contributed by atoms with E-state index >= 15 is 0 Å². The molecule has 0 aliphatic heterocycles. The van der Waals surface area contributed by atoms with Crippen molar-refractivity contribution in [3.05, 3.63) is 199 Å². The molecule has 2 heterocycles. The van der Waals surface area contributed by atoms with E-state index in [1.54, 1.807) is 6.20 Å². The Morgan fingerprint density at radius 2 is 0.945 bits per heavy atom. The summed E-state index contributed by atoms with van der Waals surface area (Å²) in [4.78, 5) is 14.6. The predicted octanol–water partition coefficient (Wildman–Crippen LogP) is 13.3. The number of fused-ring (bicyclic) bond motifs is 4. The first kappa shape index (κ1) is 32.7. The van der Waals surface area contributed by atoms with E-state index in [1.807, 2.05) is 30.5 Å². The smallest absolute Gasteiger partial charge is 0.160 e. The Bertz CT molecular complexity index is 2860.